The predicted octanol–water partition coefficient (Wildman–Crippen LogP) is -0.473. The zero-order valence-corrected chi connectivity index (χ0v) is 12.6. The van der Waals surface area contributed by atoms with E-state index < -0.39 is 10.0 Å². The molecular weight excluding hydrogens is 290 g/mol. The van der Waals surface area contributed by atoms with Gasteiger partial charge in [0.15, 0.2) is 0 Å². The molecule has 2 rings (SSSR count). The highest BCUT2D eigenvalue weighted by molar-refractivity contribution is 7.89. The minimum absolute atomic E-state index is 0.0867. The van der Waals surface area contributed by atoms with Crippen LogP contribution in [0, 0.1) is 11.3 Å². The smallest absolute Gasteiger partial charge is 0.242 e. The number of rotatable bonds is 6. The van der Waals surface area contributed by atoms with Gasteiger partial charge in [-0.3, -0.25) is 0 Å². The highest BCUT2D eigenvalue weighted by Gasteiger charge is 2.14. The molecule has 1 aliphatic rings. The number of nitriles is 1. The number of piperazine rings is 1. The van der Waals surface area contributed by atoms with E-state index in [0.29, 0.717) is 6.54 Å². The Balaban J connectivity index is 1.79. The Labute approximate surface area is 125 Å². The van der Waals surface area contributed by atoms with Crippen molar-refractivity contribution in [2.75, 3.05) is 39.3 Å². The standard InChI is InChI=1S/C13H19N5O2S/c14-10-12-2-3-13(11-16-12)21(19,20)17-4-1-7-18-8-5-15-6-9-18/h2-3,11,15,17H,1,4-9H2. The number of nitrogens with one attached hydrogen (secondary N) is 2. The fraction of sp³-hybridized carbons (Fsp3) is 0.538. The summed E-state index contributed by atoms with van der Waals surface area (Å²) in [5, 5.41) is 11.9. The summed E-state index contributed by atoms with van der Waals surface area (Å²) in [6.45, 7) is 5.27. The molecule has 21 heavy (non-hydrogen) atoms. The van der Waals surface area contributed by atoms with Gasteiger partial charge in [-0.15, -0.1) is 0 Å². The average Bonchev–Trinajstić information content (AvgIpc) is 2.53. The second kappa shape index (κ2) is 7.47. The van der Waals surface area contributed by atoms with Crippen molar-refractivity contribution < 1.29 is 8.42 Å². The molecule has 2 heterocycles. The van der Waals surface area contributed by atoms with E-state index in [1.807, 2.05) is 6.07 Å². The van der Waals surface area contributed by atoms with Crippen LogP contribution in [0.5, 0.6) is 0 Å². The molecule has 0 spiro atoms. The van der Waals surface area contributed by atoms with E-state index in [9.17, 15) is 8.42 Å². The first kappa shape index (κ1) is 15.9. The Bertz CT molecular complexity index is 588. The fourth-order valence-electron chi connectivity index (χ4n) is 2.13. The Morgan fingerprint density at radius 2 is 2.14 bits per heavy atom. The molecule has 8 heteroatoms. The summed E-state index contributed by atoms with van der Waals surface area (Å²) in [7, 11) is -3.54. The number of hydrogen-bond acceptors (Lipinski definition) is 6. The van der Waals surface area contributed by atoms with Crippen LogP contribution >= 0.6 is 0 Å². The van der Waals surface area contributed by atoms with Crippen molar-refractivity contribution in [2.45, 2.75) is 11.3 Å². The first-order valence-electron chi connectivity index (χ1n) is 6.91. The second-order valence-electron chi connectivity index (χ2n) is 4.83. The fourth-order valence-corrected chi connectivity index (χ4v) is 3.15. The molecular formula is C13H19N5O2S. The highest BCUT2D eigenvalue weighted by Crippen LogP contribution is 2.07. The van der Waals surface area contributed by atoms with Crippen LogP contribution in [0.3, 0.4) is 0 Å². The van der Waals surface area contributed by atoms with Gasteiger partial charge in [-0.2, -0.15) is 5.26 Å². The molecule has 0 unspecified atom stereocenters. The van der Waals surface area contributed by atoms with Gasteiger partial charge in [-0.1, -0.05) is 0 Å². The SMILES string of the molecule is N#Cc1ccc(S(=O)(=O)NCCCN2CCNCC2)cn1. The summed E-state index contributed by atoms with van der Waals surface area (Å²) in [4.78, 5) is 6.17. The second-order valence-corrected chi connectivity index (χ2v) is 6.60. The molecule has 0 aliphatic carbocycles. The van der Waals surface area contributed by atoms with E-state index in [2.05, 4.69) is 19.9 Å². The maximum absolute atomic E-state index is 12.0. The van der Waals surface area contributed by atoms with Crippen LogP contribution in [0.25, 0.3) is 0 Å². The minimum atomic E-state index is -3.54. The van der Waals surface area contributed by atoms with Gasteiger partial charge in [0.05, 0.1) is 0 Å². The first-order valence-corrected chi connectivity index (χ1v) is 8.39. The number of nitrogens with zero attached hydrogens (tertiary/aromatic N) is 3. The maximum Gasteiger partial charge on any atom is 0.242 e. The van der Waals surface area contributed by atoms with E-state index in [4.69, 9.17) is 5.26 Å². The van der Waals surface area contributed by atoms with E-state index in [1.54, 1.807) is 0 Å². The van der Waals surface area contributed by atoms with Crippen molar-refractivity contribution >= 4 is 10.0 Å². The van der Waals surface area contributed by atoms with Gasteiger partial charge >= 0.3 is 0 Å². The van der Waals surface area contributed by atoms with Crippen molar-refractivity contribution in [3.8, 4) is 6.07 Å². The van der Waals surface area contributed by atoms with Gasteiger partial charge in [0, 0.05) is 38.9 Å². The van der Waals surface area contributed by atoms with Crippen LogP contribution in [0.1, 0.15) is 12.1 Å². The Hall–Kier alpha value is -1.53. The van der Waals surface area contributed by atoms with E-state index >= 15 is 0 Å². The lowest BCUT2D eigenvalue weighted by molar-refractivity contribution is 0.239. The zero-order chi connectivity index (χ0) is 15.1. The van der Waals surface area contributed by atoms with Crippen molar-refractivity contribution in [3.63, 3.8) is 0 Å². The molecule has 1 aromatic rings. The van der Waals surface area contributed by atoms with Crippen LogP contribution in [-0.4, -0.2) is 57.6 Å². The summed E-state index contributed by atoms with van der Waals surface area (Å²) < 4.78 is 26.6. The van der Waals surface area contributed by atoms with Crippen molar-refractivity contribution in [1.82, 2.24) is 19.9 Å². The Morgan fingerprint density at radius 1 is 1.38 bits per heavy atom. The minimum Gasteiger partial charge on any atom is -0.314 e. The van der Waals surface area contributed by atoms with Crippen LogP contribution in [0.4, 0.5) is 0 Å². The molecule has 1 aromatic heterocycles. The lowest BCUT2D eigenvalue weighted by atomic mass is 10.3. The summed E-state index contributed by atoms with van der Waals surface area (Å²) in [5.41, 5.74) is 0.202. The third-order valence-corrected chi connectivity index (χ3v) is 4.76. The number of aromatic nitrogens is 1. The molecule has 0 aromatic carbocycles. The molecule has 1 aliphatic heterocycles. The quantitative estimate of drug-likeness (QED) is 0.689. The van der Waals surface area contributed by atoms with E-state index in [-0.39, 0.29) is 10.6 Å². The van der Waals surface area contributed by atoms with Gasteiger partial charge in [0.2, 0.25) is 10.0 Å². The van der Waals surface area contributed by atoms with Crippen LogP contribution in [0.15, 0.2) is 23.2 Å². The Morgan fingerprint density at radius 3 is 2.76 bits per heavy atom. The summed E-state index contributed by atoms with van der Waals surface area (Å²) in [6.07, 6.45) is 1.97. The van der Waals surface area contributed by atoms with Gasteiger partial charge in [-0.05, 0) is 25.1 Å². The number of pyridine rings is 1. The summed E-state index contributed by atoms with van der Waals surface area (Å²) in [5.74, 6) is 0. The third-order valence-electron chi connectivity index (χ3n) is 3.31. The molecule has 114 valence electrons. The van der Waals surface area contributed by atoms with Crippen molar-refractivity contribution in [1.29, 1.82) is 5.26 Å². The first-order chi connectivity index (χ1) is 10.1. The van der Waals surface area contributed by atoms with E-state index in [1.165, 1.54) is 18.3 Å². The highest BCUT2D eigenvalue weighted by atomic mass is 32.2. The lowest BCUT2D eigenvalue weighted by Crippen LogP contribution is -2.44. The van der Waals surface area contributed by atoms with Crippen molar-refractivity contribution in [2.24, 2.45) is 0 Å². The molecule has 0 saturated carbocycles. The molecule has 7 nitrogen and oxygen atoms in total. The Kier molecular flexibility index (Phi) is 5.64. The molecule has 0 amide bonds. The summed E-state index contributed by atoms with van der Waals surface area (Å²) in [6, 6.07) is 4.65. The van der Waals surface area contributed by atoms with Crippen molar-refractivity contribution in [3.05, 3.63) is 24.0 Å². The number of sulfonamides is 1. The molecule has 1 saturated heterocycles. The largest absolute Gasteiger partial charge is 0.314 e. The molecule has 0 bridgehead atoms. The van der Waals surface area contributed by atoms with Gasteiger partial charge in [0.25, 0.3) is 0 Å². The van der Waals surface area contributed by atoms with Crippen LogP contribution in [-0.2, 0) is 10.0 Å². The molecule has 0 atom stereocenters. The van der Waals surface area contributed by atoms with Gasteiger partial charge < -0.3 is 10.2 Å². The predicted molar refractivity (Wildman–Crippen MR) is 78.1 cm³/mol. The monoisotopic (exact) mass is 309 g/mol. The number of hydrogen-bond donors (Lipinski definition) is 2. The zero-order valence-electron chi connectivity index (χ0n) is 11.7. The van der Waals surface area contributed by atoms with Gasteiger partial charge in [0.1, 0.15) is 16.7 Å². The normalized spacial score (nSPS) is 16.5. The lowest BCUT2D eigenvalue weighted by Gasteiger charge is -2.27. The average molecular weight is 309 g/mol. The topological polar surface area (TPSA) is 98.1 Å². The summed E-state index contributed by atoms with van der Waals surface area (Å²) >= 11 is 0. The molecule has 0 radical (unpaired) electrons. The maximum atomic E-state index is 12.0. The van der Waals surface area contributed by atoms with Gasteiger partial charge in [-0.25, -0.2) is 18.1 Å². The molecule has 2 N–H and O–H groups in total. The van der Waals surface area contributed by atoms with Crippen LogP contribution < -0.4 is 10.0 Å². The molecule has 1 fully saturated rings. The van der Waals surface area contributed by atoms with Crippen LogP contribution in [0.2, 0.25) is 0 Å². The third kappa shape index (κ3) is 4.75. The van der Waals surface area contributed by atoms with E-state index in [0.717, 1.165) is 39.1 Å².